The van der Waals surface area contributed by atoms with Crippen molar-refractivity contribution in [3.05, 3.63) is 62.3 Å². The van der Waals surface area contributed by atoms with Crippen LogP contribution in [0.5, 0.6) is 0 Å². The lowest BCUT2D eigenvalue weighted by atomic mass is 10.0. The smallest absolute Gasteiger partial charge is 0.264 e. The summed E-state index contributed by atoms with van der Waals surface area (Å²) in [5.74, 6) is 0.743. The number of rotatable bonds is 6. The van der Waals surface area contributed by atoms with Gasteiger partial charge in [-0.1, -0.05) is 19.9 Å². The lowest BCUT2D eigenvalue weighted by Crippen LogP contribution is -2.29. The van der Waals surface area contributed by atoms with Crippen molar-refractivity contribution in [1.29, 1.82) is 0 Å². The molecule has 136 valence electrons. The maximum absolute atomic E-state index is 12.8. The van der Waals surface area contributed by atoms with Crippen LogP contribution in [-0.4, -0.2) is 25.9 Å². The predicted octanol–water partition coefficient (Wildman–Crippen LogP) is 2.84. The van der Waals surface area contributed by atoms with Crippen molar-refractivity contribution in [1.82, 2.24) is 25.3 Å². The summed E-state index contributed by atoms with van der Waals surface area (Å²) < 4.78 is 1.54. The van der Waals surface area contributed by atoms with Gasteiger partial charge in [0.1, 0.15) is 0 Å². The third kappa shape index (κ3) is 3.91. The molecule has 0 fully saturated rings. The summed E-state index contributed by atoms with van der Waals surface area (Å²) in [4.78, 5) is 25.1. The molecule has 26 heavy (non-hydrogen) atoms. The maximum atomic E-state index is 12.8. The highest BCUT2D eigenvalue weighted by molar-refractivity contribution is 7.10. The molecule has 3 aromatic heterocycles. The average molecular weight is 371 g/mol. The van der Waals surface area contributed by atoms with Gasteiger partial charge in [-0.25, -0.2) is 9.78 Å². The number of hydrogen-bond acceptors (Lipinski definition) is 5. The summed E-state index contributed by atoms with van der Waals surface area (Å²) in [6.45, 7) is 6.08. The summed E-state index contributed by atoms with van der Waals surface area (Å²) in [6.07, 6.45) is 2.39. The van der Waals surface area contributed by atoms with Gasteiger partial charge in [-0.05, 0) is 36.8 Å². The van der Waals surface area contributed by atoms with E-state index >= 15 is 0 Å². The van der Waals surface area contributed by atoms with Crippen LogP contribution < -0.4 is 10.9 Å². The third-order valence-corrected chi connectivity index (χ3v) is 5.02. The molecule has 0 aliphatic carbocycles. The highest BCUT2D eigenvalue weighted by Gasteiger charge is 2.21. The second-order valence-electron chi connectivity index (χ2n) is 6.51. The molecule has 0 saturated carbocycles. The van der Waals surface area contributed by atoms with Gasteiger partial charge < -0.3 is 5.32 Å². The first-order valence-corrected chi connectivity index (χ1v) is 9.28. The molecule has 1 amide bonds. The highest BCUT2D eigenvalue weighted by atomic mass is 32.1. The molecular weight excluding hydrogens is 350 g/mol. The number of H-pyrrole nitrogens is 1. The van der Waals surface area contributed by atoms with Gasteiger partial charge in [0.15, 0.2) is 5.82 Å². The first kappa shape index (κ1) is 18.1. The Morgan fingerprint density at radius 2 is 2.15 bits per heavy atom. The van der Waals surface area contributed by atoms with E-state index in [2.05, 4.69) is 34.5 Å². The molecule has 0 bridgehead atoms. The number of nitrogens with one attached hydrogen (secondary N) is 2. The van der Waals surface area contributed by atoms with Crippen molar-refractivity contribution in [2.24, 2.45) is 5.92 Å². The zero-order valence-corrected chi connectivity index (χ0v) is 15.7. The van der Waals surface area contributed by atoms with Crippen LogP contribution in [0.2, 0.25) is 0 Å². The van der Waals surface area contributed by atoms with E-state index in [9.17, 15) is 9.59 Å². The SMILES string of the molecule is Cc1c(C(=O)N[C@@H](CC(C)C)c2cccs2)cnn1-c1ccc(=O)[nH]n1. The minimum Gasteiger partial charge on any atom is -0.344 e. The lowest BCUT2D eigenvalue weighted by Gasteiger charge is -2.19. The van der Waals surface area contributed by atoms with E-state index in [4.69, 9.17) is 0 Å². The van der Waals surface area contributed by atoms with E-state index in [0.717, 1.165) is 11.3 Å². The number of carbonyl (C=O) groups is 1. The Bertz CT molecular complexity index is 922. The van der Waals surface area contributed by atoms with Crippen LogP contribution in [0, 0.1) is 12.8 Å². The maximum Gasteiger partial charge on any atom is 0.264 e. The van der Waals surface area contributed by atoms with Crippen LogP contribution in [0.3, 0.4) is 0 Å². The van der Waals surface area contributed by atoms with Crippen LogP contribution in [0.15, 0.2) is 40.6 Å². The summed E-state index contributed by atoms with van der Waals surface area (Å²) in [6, 6.07) is 6.94. The van der Waals surface area contributed by atoms with Crippen LogP contribution in [0.25, 0.3) is 5.82 Å². The topological polar surface area (TPSA) is 92.7 Å². The van der Waals surface area contributed by atoms with Gasteiger partial charge in [0.05, 0.1) is 23.5 Å². The van der Waals surface area contributed by atoms with E-state index in [1.54, 1.807) is 24.3 Å². The Morgan fingerprint density at radius 1 is 1.35 bits per heavy atom. The molecule has 3 heterocycles. The predicted molar refractivity (Wildman–Crippen MR) is 101 cm³/mol. The molecule has 0 spiro atoms. The second kappa shape index (κ2) is 7.65. The van der Waals surface area contributed by atoms with E-state index in [0.29, 0.717) is 23.0 Å². The number of nitrogens with zero attached hydrogens (tertiary/aromatic N) is 3. The molecule has 0 aliphatic heterocycles. The van der Waals surface area contributed by atoms with Gasteiger partial charge in [0, 0.05) is 10.9 Å². The van der Waals surface area contributed by atoms with Crippen molar-refractivity contribution in [3.63, 3.8) is 0 Å². The Kier molecular flexibility index (Phi) is 5.32. The number of thiophene rings is 1. The van der Waals surface area contributed by atoms with Crippen molar-refractivity contribution >= 4 is 17.2 Å². The van der Waals surface area contributed by atoms with E-state index < -0.39 is 0 Å². The molecule has 3 aromatic rings. The minimum absolute atomic E-state index is 0.0311. The van der Waals surface area contributed by atoms with Gasteiger partial charge in [-0.2, -0.15) is 10.2 Å². The fourth-order valence-corrected chi connectivity index (χ4v) is 3.55. The third-order valence-electron chi connectivity index (χ3n) is 4.03. The Labute approximate surface area is 155 Å². The number of amides is 1. The Balaban J connectivity index is 1.83. The lowest BCUT2D eigenvalue weighted by molar-refractivity contribution is 0.0932. The Hall–Kier alpha value is -2.74. The van der Waals surface area contributed by atoms with E-state index in [1.807, 2.05) is 17.5 Å². The molecule has 8 heteroatoms. The molecule has 2 N–H and O–H groups in total. The molecule has 3 rings (SSSR count). The summed E-state index contributed by atoms with van der Waals surface area (Å²) in [7, 11) is 0. The van der Waals surface area contributed by atoms with Gasteiger partial charge >= 0.3 is 0 Å². The van der Waals surface area contributed by atoms with Gasteiger partial charge in [-0.15, -0.1) is 11.3 Å². The molecule has 0 saturated heterocycles. The second-order valence-corrected chi connectivity index (χ2v) is 7.49. The van der Waals surface area contributed by atoms with Crippen LogP contribution in [0.4, 0.5) is 0 Å². The van der Waals surface area contributed by atoms with Gasteiger partial charge in [0.25, 0.3) is 11.5 Å². The van der Waals surface area contributed by atoms with Crippen molar-refractivity contribution in [2.75, 3.05) is 0 Å². The molecule has 0 radical (unpaired) electrons. The summed E-state index contributed by atoms with van der Waals surface area (Å²) in [5, 5.41) is 15.7. The fourth-order valence-electron chi connectivity index (χ4n) is 2.76. The Morgan fingerprint density at radius 3 is 2.77 bits per heavy atom. The van der Waals surface area contributed by atoms with Crippen LogP contribution in [0.1, 0.15) is 47.2 Å². The summed E-state index contributed by atoms with van der Waals surface area (Å²) in [5.41, 5.74) is 0.865. The molecule has 0 aliphatic rings. The van der Waals surface area contributed by atoms with Crippen LogP contribution >= 0.6 is 11.3 Å². The molecule has 7 nitrogen and oxygen atoms in total. The average Bonchev–Trinajstić information content (AvgIpc) is 3.24. The largest absolute Gasteiger partial charge is 0.344 e. The molecule has 0 unspecified atom stereocenters. The van der Waals surface area contributed by atoms with Gasteiger partial charge in [0.2, 0.25) is 0 Å². The minimum atomic E-state index is -0.288. The molecule has 0 aromatic carbocycles. The molecule has 1 atom stereocenters. The fraction of sp³-hybridized carbons (Fsp3) is 0.333. The number of carbonyl (C=O) groups excluding carboxylic acids is 1. The monoisotopic (exact) mass is 371 g/mol. The molecular formula is C18H21N5O2S. The van der Waals surface area contributed by atoms with Crippen LogP contribution in [-0.2, 0) is 0 Å². The van der Waals surface area contributed by atoms with E-state index in [-0.39, 0.29) is 17.5 Å². The van der Waals surface area contributed by atoms with Crippen molar-refractivity contribution < 1.29 is 4.79 Å². The quantitative estimate of drug-likeness (QED) is 0.697. The zero-order valence-electron chi connectivity index (χ0n) is 14.9. The zero-order chi connectivity index (χ0) is 18.7. The van der Waals surface area contributed by atoms with E-state index in [1.165, 1.54) is 16.9 Å². The highest BCUT2D eigenvalue weighted by Crippen LogP contribution is 2.26. The van der Waals surface area contributed by atoms with Gasteiger partial charge in [-0.3, -0.25) is 9.59 Å². The standard InChI is InChI=1S/C18H21N5O2S/c1-11(2)9-14(15-5-4-8-26-15)20-18(25)13-10-19-23(12(13)3)16-6-7-17(24)22-21-16/h4-8,10-11,14H,9H2,1-3H3,(H,20,25)(H,22,24)/t14-/m0/s1. The first-order valence-electron chi connectivity index (χ1n) is 8.40. The number of hydrogen-bond donors (Lipinski definition) is 2. The number of aromatic nitrogens is 4. The van der Waals surface area contributed by atoms with Crippen molar-refractivity contribution in [3.8, 4) is 5.82 Å². The normalized spacial score (nSPS) is 12.3. The summed E-state index contributed by atoms with van der Waals surface area (Å²) >= 11 is 1.64. The number of aromatic amines is 1. The van der Waals surface area contributed by atoms with Crippen molar-refractivity contribution in [2.45, 2.75) is 33.2 Å². The first-order chi connectivity index (χ1) is 12.5.